The minimum Gasteiger partial charge on any atom is -0.381 e. The van der Waals surface area contributed by atoms with Crippen LogP contribution in [0.1, 0.15) is 41.7 Å². The van der Waals surface area contributed by atoms with E-state index in [4.69, 9.17) is 0 Å². The van der Waals surface area contributed by atoms with E-state index in [0.29, 0.717) is 6.54 Å². The van der Waals surface area contributed by atoms with Gasteiger partial charge in [-0.25, -0.2) is 0 Å². The van der Waals surface area contributed by atoms with Gasteiger partial charge in [0.2, 0.25) is 11.8 Å². The highest BCUT2D eigenvalue weighted by atomic mass is 32.2. The summed E-state index contributed by atoms with van der Waals surface area (Å²) in [4.78, 5) is 43.1. The molecule has 1 aliphatic heterocycles. The molecule has 1 saturated heterocycles. The topological polar surface area (TPSA) is 98.7 Å². The summed E-state index contributed by atoms with van der Waals surface area (Å²) in [5.41, 5.74) is 5.14. The van der Waals surface area contributed by atoms with Gasteiger partial charge in [-0.15, -0.1) is 23.5 Å². The van der Waals surface area contributed by atoms with Gasteiger partial charge in [0, 0.05) is 16.2 Å². The molecule has 3 N–H and O–H groups in total. The summed E-state index contributed by atoms with van der Waals surface area (Å²) in [5.74, 6) is -0.706. The van der Waals surface area contributed by atoms with Gasteiger partial charge in [0.05, 0.1) is 17.7 Å². The van der Waals surface area contributed by atoms with Gasteiger partial charge in [0.15, 0.2) is 6.10 Å². The van der Waals surface area contributed by atoms with Gasteiger partial charge < -0.3 is 20.6 Å². The molecule has 3 unspecified atom stereocenters. The fourth-order valence-corrected chi connectivity index (χ4v) is 7.46. The Morgan fingerprint density at radius 2 is 1.58 bits per heavy atom. The molecule has 7 nitrogen and oxygen atoms in total. The standard InChI is InChI=1S/C34H41N3O4S2/c1-22-12-9-10-17-26(22)19-35-32(40)31-34(4,5)43-21-37(31)33(41)29(39)27(18-25-15-7-6-8-16-25)36-28(38)20-42-30-23(2)13-11-14-24(30)3/h6-17,27,29,31,39H,18-21H2,1-5H3,(H,35,40)(H,36,38). The number of aliphatic hydroxyl groups is 1. The smallest absolute Gasteiger partial charge is 0.254 e. The Hall–Kier alpha value is -3.27. The van der Waals surface area contributed by atoms with E-state index in [-0.39, 0.29) is 29.9 Å². The first-order valence-corrected chi connectivity index (χ1v) is 16.4. The molecular weight excluding hydrogens is 579 g/mol. The molecule has 3 amide bonds. The SMILES string of the molecule is Cc1ccccc1CNC(=O)C1N(C(=O)C(O)C(Cc2ccccc2)NC(=O)CSc2c(C)cccc2C)CSC1(C)C. The van der Waals surface area contributed by atoms with Gasteiger partial charge in [-0.3, -0.25) is 14.4 Å². The minimum absolute atomic E-state index is 0.147. The average molecular weight is 620 g/mol. The molecule has 0 saturated carbocycles. The predicted octanol–water partition coefficient (Wildman–Crippen LogP) is 4.79. The van der Waals surface area contributed by atoms with Crippen molar-refractivity contribution >= 4 is 41.2 Å². The molecule has 0 radical (unpaired) electrons. The highest BCUT2D eigenvalue weighted by molar-refractivity contribution is 8.01. The van der Waals surface area contributed by atoms with Crippen molar-refractivity contribution in [2.45, 2.75) is 75.4 Å². The number of nitrogens with zero attached hydrogens (tertiary/aromatic N) is 1. The lowest BCUT2D eigenvalue weighted by Crippen LogP contribution is -2.58. The van der Waals surface area contributed by atoms with E-state index in [1.807, 2.05) is 107 Å². The molecule has 3 aromatic rings. The third kappa shape index (κ3) is 8.22. The number of benzene rings is 3. The Morgan fingerprint density at radius 1 is 0.953 bits per heavy atom. The van der Waals surface area contributed by atoms with Crippen LogP contribution < -0.4 is 10.6 Å². The molecule has 0 aromatic heterocycles. The Kier molecular flexibility index (Phi) is 11.0. The lowest BCUT2D eigenvalue weighted by atomic mass is 9.97. The summed E-state index contributed by atoms with van der Waals surface area (Å²) in [5, 5.41) is 17.4. The fourth-order valence-electron chi connectivity index (χ4n) is 5.36. The Labute approximate surface area is 263 Å². The maximum atomic E-state index is 13.9. The molecule has 4 rings (SSSR count). The highest BCUT2D eigenvalue weighted by Gasteiger charge is 2.49. The van der Waals surface area contributed by atoms with Crippen molar-refractivity contribution in [3.05, 3.63) is 101 Å². The Morgan fingerprint density at radius 3 is 2.26 bits per heavy atom. The van der Waals surface area contributed by atoms with Crippen molar-refractivity contribution in [3.8, 4) is 0 Å². The zero-order chi connectivity index (χ0) is 31.1. The summed E-state index contributed by atoms with van der Waals surface area (Å²) in [6, 6.07) is 21.7. The van der Waals surface area contributed by atoms with Crippen LogP contribution >= 0.6 is 23.5 Å². The van der Waals surface area contributed by atoms with Crippen molar-refractivity contribution in [1.82, 2.24) is 15.5 Å². The highest BCUT2D eigenvalue weighted by Crippen LogP contribution is 2.40. The number of carbonyl (C=O) groups is 3. The molecule has 228 valence electrons. The predicted molar refractivity (Wildman–Crippen MR) is 175 cm³/mol. The summed E-state index contributed by atoms with van der Waals surface area (Å²) in [6.45, 7) is 10.2. The summed E-state index contributed by atoms with van der Waals surface area (Å²) in [6.07, 6.45) is -1.27. The van der Waals surface area contributed by atoms with Crippen LogP contribution in [0.25, 0.3) is 0 Å². The number of rotatable bonds is 11. The first-order chi connectivity index (χ1) is 20.5. The van der Waals surface area contributed by atoms with E-state index < -0.39 is 28.8 Å². The molecular formula is C34H41N3O4S2. The number of amides is 3. The van der Waals surface area contributed by atoms with Crippen LogP contribution in [-0.4, -0.2) is 62.3 Å². The lowest BCUT2D eigenvalue weighted by molar-refractivity contribution is -0.147. The molecule has 3 atom stereocenters. The molecule has 1 heterocycles. The summed E-state index contributed by atoms with van der Waals surface area (Å²) in [7, 11) is 0. The fraction of sp³-hybridized carbons (Fsp3) is 0.382. The van der Waals surface area contributed by atoms with Crippen LogP contribution in [0.3, 0.4) is 0 Å². The molecule has 0 spiro atoms. The van der Waals surface area contributed by atoms with Gasteiger partial charge in [-0.2, -0.15) is 0 Å². The third-order valence-corrected chi connectivity index (χ3v) is 10.5. The molecule has 9 heteroatoms. The number of hydrogen-bond donors (Lipinski definition) is 3. The van der Waals surface area contributed by atoms with Crippen molar-refractivity contribution < 1.29 is 19.5 Å². The second-order valence-electron chi connectivity index (χ2n) is 11.5. The quantitative estimate of drug-likeness (QED) is 0.267. The molecule has 43 heavy (non-hydrogen) atoms. The van der Waals surface area contributed by atoms with Gasteiger partial charge >= 0.3 is 0 Å². The summed E-state index contributed by atoms with van der Waals surface area (Å²) < 4.78 is -0.564. The molecule has 3 aromatic carbocycles. The number of thioether (sulfide) groups is 2. The average Bonchev–Trinajstić information content (AvgIpc) is 3.30. The monoisotopic (exact) mass is 619 g/mol. The van der Waals surface area contributed by atoms with E-state index in [9.17, 15) is 19.5 Å². The molecule has 1 aliphatic rings. The number of aliphatic hydroxyl groups excluding tert-OH is 1. The number of hydrogen-bond acceptors (Lipinski definition) is 6. The van der Waals surface area contributed by atoms with Crippen molar-refractivity contribution in [3.63, 3.8) is 0 Å². The van der Waals surface area contributed by atoms with Gasteiger partial charge in [-0.1, -0.05) is 72.8 Å². The van der Waals surface area contributed by atoms with Crippen LogP contribution in [0, 0.1) is 20.8 Å². The van der Waals surface area contributed by atoms with Gasteiger partial charge in [-0.05, 0) is 68.9 Å². The van der Waals surface area contributed by atoms with E-state index in [1.54, 1.807) is 0 Å². The second kappa shape index (κ2) is 14.5. The minimum atomic E-state index is -1.53. The largest absolute Gasteiger partial charge is 0.381 e. The van der Waals surface area contributed by atoms with E-state index in [2.05, 4.69) is 10.6 Å². The maximum Gasteiger partial charge on any atom is 0.254 e. The Bertz CT molecular complexity index is 1430. The van der Waals surface area contributed by atoms with E-state index in [1.165, 1.54) is 28.4 Å². The first-order valence-electron chi connectivity index (χ1n) is 14.4. The van der Waals surface area contributed by atoms with Crippen molar-refractivity contribution in [1.29, 1.82) is 0 Å². The third-order valence-electron chi connectivity index (χ3n) is 7.83. The van der Waals surface area contributed by atoms with Crippen LogP contribution in [0.5, 0.6) is 0 Å². The van der Waals surface area contributed by atoms with Gasteiger partial charge in [0.25, 0.3) is 5.91 Å². The zero-order valence-electron chi connectivity index (χ0n) is 25.4. The van der Waals surface area contributed by atoms with Crippen LogP contribution in [-0.2, 0) is 27.3 Å². The number of nitrogens with one attached hydrogen (secondary N) is 2. The number of carbonyl (C=O) groups excluding carboxylic acids is 3. The van der Waals surface area contributed by atoms with Crippen LogP contribution in [0.4, 0.5) is 0 Å². The van der Waals surface area contributed by atoms with Crippen molar-refractivity contribution in [2.24, 2.45) is 0 Å². The zero-order valence-corrected chi connectivity index (χ0v) is 27.1. The maximum absolute atomic E-state index is 13.9. The lowest BCUT2D eigenvalue weighted by Gasteiger charge is -2.33. The van der Waals surface area contributed by atoms with Gasteiger partial charge in [0.1, 0.15) is 6.04 Å². The van der Waals surface area contributed by atoms with Crippen LogP contribution in [0.2, 0.25) is 0 Å². The molecule has 0 aliphatic carbocycles. The van der Waals surface area contributed by atoms with Crippen molar-refractivity contribution in [2.75, 3.05) is 11.6 Å². The first kappa shape index (κ1) is 32.6. The van der Waals surface area contributed by atoms with E-state index >= 15 is 0 Å². The van der Waals surface area contributed by atoms with Crippen LogP contribution in [0.15, 0.2) is 77.7 Å². The van der Waals surface area contributed by atoms with E-state index in [0.717, 1.165) is 32.7 Å². The normalized spacial score (nSPS) is 17.3. The Balaban J connectivity index is 1.49. The molecule has 1 fully saturated rings. The summed E-state index contributed by atoms with van der Waals surface area (Å²) >= 11 is 2.93. The number of aryl methyl sites for hydroxylation is 3. The second-order valence-corrected chi connectivity index (χ2v) is 14.1. The molecule has 0 bridgehead atoms.